The molecule has 0 fully saturated rings. The molecule has 3 rings (SSSR count). The van der Waals surface area contributed by atoms with Crippen molar-refractivity contribution < 1.29 is 14.3 Å². The van der Waals surface area contributed by atoms with E-state index in [2.05, 4.69) is 15.6 Å². The Hall–Kier alpha value is -2.38. The Morgan fingerprint density at radius 1 is 1.33 bits per heavy atom. The normalized spacial score (nSPS) is 12.2. The van der Waals surface area contributed by atoms with Crippen LogP contribution in [0.1, 0.15) is 17.2 Å². The molecule has 2 aromatic heterocycles. The monoisotopic (exact) mass is 347 g/mol. The van der Waals surface area contributed by atoms with E-state index in [0.29, 0.717) is 13.0 Å². The number of fused-ring (bicyclic) bond motifs is 1. The van der Waals surface area contributed by atoms with Crippen LogP contribution >= 0.6 is 11.3 Å². The minimum absolute atomic E-state index is 0.162. The van der Waals surface area contributed by atoms with Crippen LogP contribution in [0.3, 0.4) is 0 Å². The number of benzene rings is 1. The molecular formula is C17H18FN3O2S. The Morgan fingerprint density at radius 3 is 3.00 bits per heavy atom. The fourth-order valence-corrected chi connectivity index (χ4v) is 3.22. The molecule has 5 nitrogen and oxygen atoms in total. The zero-order chi connectivity index (χ0) is 16.9. The maximum atomic E-state index is 13.2. The van der Waals surface area contributed by atoms with Crippen LogP contribution in [-0.4, -0.2) is 29.2 Å². The van der Waals surface area contributed by atoms with E-state index in [1.807, 2.05) is 23.0 Å². The van der Waals surface area contributed by atoms with Crippen LogP contribution in [0.2, 0.25) is 0 Å². The van der Waals surface area contributed by atoms with Crippen molar-refractivity contribution in [2.24, 2.45) is 0 Å². The number of aromatic nitrogens is 1. The Labute approximate surface area is 142 Å². The molecule has 0 aliphatic carbocycles. The molecule has 24 heavy (non-hydrogen) atoms. The predicted octanol–water partition coefficient (Wildman–Crippen LogP) is 2.94. The van der Waals surface area contributed by atoms with E-state index in [1.54, 1.807) is 6.07 Å². The van der Waals surface area contributed by atoms with Gasteiger partial charge < -0.3 is 20.7 Å². The molecule has 0 saturated heterocycles. The van der Waals surface area contributed by atoms with Crippen molar-refractivity contribution >= 4 is 28.3 Å². The van der Waals surface area contributed by atoms with Crippen LogP contribution in [-0.2, 0) is 6.42 Å². The molecule has 0 bridgehead atoms. The second-order valence-electron chi connectivity index (χ2n) is 5.46. The summed E-state index contributed by atoms with van der Waals surface area (Å²) >= 11 is 1.50. The van der Waals surface area contributed by atoms with Crippen molar-refractivity contribution in [3.8, 4) is 0 Å². The number of carbonyl (C=O) groups is 1. The molecule has 2 amide bonds. The van der Waals surface area contributed by atoms with Crippen LogP contribution in [0.4, 0.5) is 9.18 Å². The summed E-state index contributed by atoms with van der Waals surface area (Å²) in [6, 6.07) is 6.11. The lowest BCUT2D eigenvalue weighted by Crippen LogP contribution is -2.38. The summed E-state index contributed by atoms with van der Waals surface area (Å²) in [6.45, 7) is 0.611. The van der Waals surface area contributed by atoms with Crippen LogP contribution in [0.25, 0.3) is 10.9 Å². The van der Waals surface area contributed by atoms with Gasteiger partial charge in [-0.1, -0.05) is 0 Å². The van der Waals surface area contributed by atoms with E-state index in [1.165, 1.54) is 23.5 Å². The van der Waals surface area contributed by atoms with Gasteiger partial charge in [-0.2, -0.15) is 11.3 Å². The molecule has 0 aliphatic rings. The number of thiophene rings is 1. The van der Waals surface area contributed by atoms with Crippen LogP contribution < -0.4 is 10.6 Å². The second kappa shape index (κ2) is 7.46. The quantitative estimate of drug-likeness (QED) is 0.553. The fourth-order valence-electron chi connectivity index (χ4n) is 2.51. The smallest absolute Gasteiger partial charge is 0.314 e. The lowest BCUT2D eigenvalue weighted by Gasteiger charge is -2.11. The van der Waals surface area contributed by atoms with Crippen molar-refractivity contribution in [2.45, 2.75) is 12.5 Å². The fraction of sp³-hybridized carbons (Fsp3) is 0.235. The van der Waals surface area contributed by atoms with Crippen molar-refractivity contribution in [1.29, 1.82) is 0 Å². The molecular weight excluding hydrogens is 329 g/mol. The number of rotatable bonds is 6. The first-order valence-corrected chi connectivity index (χ1v) is 8.55. The zero-order valence-corrected chi connectivity index (χ0v) is 13.7. The third-order valence-corrected chi connectivity index (χ3v) is 4.49. The molecule has 0 radical (unpaired) electrons. The Bertz CT molecular complexity index is 816. The topological polar surface area (TPSA) is 77.2 Å². The minimum Gasteiger partial charge on any atom is -0.387 e. The molecule has 126 valence electrons. The van der Waals surface area contributed by atoms with Gasteiger partial charge in [0.05, 0.1) is 6.10 Å². The highest BCUT2D eigenvalue weighted by Gasteiger charge is 2.10. The number of halogens is 1. The van der Waals surface area contributed by atoms with Gasteiger partial charge in [-0.25, -0.2) is 9.18 Å². The molecule has 3 aromatic rings. The SMILES string of the molecule is O=C(NCCc1c[nH]c2cc(F)ccc12)NCC(O)c1ccsc1. The van der Waals surface area contributed by atoms with E-state index >= 15 is 0 Å². The van der Waals surface area contributed by atoms with Crippen molar-refractivity contribution in [3.63, 3.8) is 0 Å². The molecule has 4 N–H and O–H groups in total. The number of aliphatic hydroxyl groups is 1. The first-order chi connectivity index (χ1) is 11.6. The Kier molecular flexibility index (Phi) is 5.12. The zero-order valence-electron chi connectivity index (χ0n) is 12.9. The molecule has 0 saturated carbocycles. The van der Waals surface area contributed by atoms with Gasteiger partial charge in [0, 0.05) is 30.2 Å². The first kappa shape index (κ1) is 16.5. The first-order valence-electron chi connectivity index (χ1n) is 7.61. The van der Waals surface area contributed by atoms with E-state index in [9.17, 15) is 14.3 Å². The van der Waals surface area contributed by atoms with Crippen LogP contribution in [0.5, 0.6) is 0 Å². The van der Waals surface area contributed by atoms with Crippen LogP contribution in [0, 0.1) is 5.82 Å². The van der Waals surface area contributed by atoms with Gasteiger partial charge in [-0.3, -0.25) is 0 Å². The van der Waals surface area contributed by atoms with E-state index in [4.69, 9.17) is 0 Å². The van der Waals surface area contributed by atoms with Crippen molar-refractivity contribution in [1.82, 2.24) is 15.6 Å². The number of aliphatic hydroxyl groups excluding tert-OH is 1. The standard InChI is InChI=1S/C17H18FN3O2S/c18-13-1-2-14-11(8-20-15(14)7-13)3-5-19-17(23)21-9-16(22)12-4-6-24-10-12/h1-2,4,6-8,10,16,20,22H,3,5,9H2,(H2,19,21,23). The molecule has 7 heteroatoms. The maximum absolute atomic E-state index is 13.2. The van der Waals surface area contributed by atoms with E-state index < -0.39 is 6.10 Å². The maximum Gasteiger partial charge on any atom is 0.314 e. The third-order valence-electron chi connectivity index (χ3n) is 3.79. The summed E-state index contributed by atoms with van der Waals surface area (Å²) < 4.78 is 13.2. The average molecular weight is 347 g/mol. The average Bonchev–Trinajstić information content (AvgIpc) is 3.22. The number of H-pyrrole nitrogens is 1. The highest BCUT2D eigenvalue weighted by Crippen LogP contribution is 2.19. The molecule has 1 aromatic carbocycles. The summed E-state index contributed by atoms with van der Waals surface area (Å²) in [5.74, 6) is -0.280. The number of hydrogen-bond acceptors (Lipinski definition) is 3. The predicted molar refractivity (Wildman–Crippen MR) is 92.6 cm³/mol. The van der Waals surface area contributed by atoms with E-state index in [-0.39, 0.29) is 18.4 Å². The summed E-state index contributed by atoms with van der Waals surface area (Å²) in [7, 11) is 0. The molecule has 2 heterocycles. The van der Waals surface area contributed by atoms with Gasteiger partial charge in [0.1, 0.15) is 5.82 Å². The van der Waals surface area contributed by atoms with Gasteiger partial charge in [0.2, 0.25) is 0 Å². The summed E-state index contributed by atoms with van der Waals surface area (Å²) in [5, 5.41) is 20.0. The lowest BCUT2D eigenvalue weighted by molar-refractivity contribution is 0.173. The van der Waals surface area contributed by atoms with Gasteiger partial charge in [0.15, 0.2) is 0 Å². The third kappa shape index (κ3) is 3.93. The van der Waals surface area contributed by atoms with Gasteiger partial charge in [-0.05, 0) is 52.6 Å². The van der Waals surface area contributed by atoms with Gasteiger partial charge in [-0.15, -0.1) is 0 Å². The largest absolute Gasteiger partial charge is 0.387 e. The van der Waals surface area contributed by atoms with Gasteiger partial charge >= 0.3 is 6.03 Å². The second-order valence-corrected chi connectivity index (χ2v) is 6.24. The summed E-state index contributed by atoms with van der Waals surface area (Å²) in [4.78, 5) is 14.8. The summed E-state index contributed by atoms with van der Waals surface area (Å²) in [5.41, 5.74) is 2.56. The van der Waals surface area contributed by atoms with Crippen molar-refractivity contribution in [2.75, 3.05) is 13.1 Å². The minimum atomic E-state index is -0.703. The van der Waals surface area contributed by atoms with E-state index in [0.717, 1.165) is 22.0 Å². The van der Waals surface area contributed by atoms with Crippen molar-refractivity contribution in [3.05, 3.63) is 58.2 Å². The molecule has 0 aliphatic heterocycles. The molecule has 1 unspecified atom stereocenters. The Morgan fingerprint density at radius 2 is 2.21 bits per heavy atom. The molecule has 1 atom stereocenters. The number of carbonyl (C=O) groups excluding carboxylic acids is 1. The van der Waals surface area contributed by atoms with Crippen LogP contribution in [0.15, 0.2) is 41.2 Å². The Balaban J connectivity index is 1.44. The highest BCUT2D eigenvalue weighted by molar-refractivity contribution is 7.07. The van der Waals surface area contributed by atoms with Gasteiger partial charge in [0.25, 0.3) is 0 Å². The number of amides is 2. The number of hydrogen-bond donors (Lipinski definition) is 4. The highest BCUT2D eigenvalue weighted by atomic mass is 32.1. The molecule has 0 spiro atoms. The lowest BCUT2D eigenvalue weighted by atomic mass is 10.1. The number of urea groups is 1. The number of aromatic amines is 1. The summed E-state index contributed by atoms with van der Waals surface area (Å²) in [6.07, 6.45) is 1.75. The number of nitrogens with one attached hydrogen (secondary N) is 3.